The van der Waals surface area contributed by atoms with Crippen molar-refractivity contribution in [2.75, 3.05) is 0 Å². The van der Waals surface area contributed by atoms with Crippen LogP contribution in [-0.4, -0.2) is 0 Å². The van der Waals surface area contributed by atoms with E-state index in [0.717, 1.165) is 6.42 Å². The largest absolute Gasteiger partial charge is 4.00 e. The summed E-state index contributed by atoms with van der Waals surface area (Å²) in [4.78, 5) is 0. The second-order valence-corrected chi connectivity index (χ2v) is 3.79. The first-order valence-corrected chi connectivity index (χ1v) is 5.42. The number of allylic oxidation sites excluding steroid dienone is 4. The van der Waals surface area contributed by atoms with Crippen LogP contribution in [0.1, 0.15) is 30.4 Å². The summed E-state index contributed by atoms with van der Waals surface area (Å²) < 4.78 is 0. The van der Waals surface area contributed by atoms with Gasteiger partial charge in [0.1, 0.15) is 0 Å². The van der Waals surface area contributed by atoms with Crippen molar-refractivity contribution in [1.82, 2.24) is 0 Å². The second kappa shape index (κ2) is 11.4. The predicted molar refractivity (Wildman–Crippen MR) is 60.2 cm³/mol. The molecule has 0 nitrogen and oxygen atoms in total. The molecule has 0 spiro atoms. The van der Waals surface area contributed by atoms with Crippen LogP contribution in [0.2, 0.25) is 0 Å². The summed E-state index contributed by atoms with van der Waals surface area (Å²) in [6, 6.07) is 6.69. The van der Waals surface area contributed by atoms with Gasteiger partial charge in [-0.15, -0.1) is 6.42 Å². The van der Waals surface area contributed by atoms with E-state index in [2.05, 4.69) is 30.4 Å². The van der Waals surface area contributed by atoms with Crippen molar-refractivity contribution in [3.05, 3.63) is 53.6 Å². The molecular formula is C14H16Cl2Zr. The molecule has 3 rings (SSSR count). The van der Waals surface area contributed by atoms with E-state index in [0.29, 0.717) is 0 Å². The molecule has 2 aliphatic rings. The molecule has 0 unspecified atom stereocenters. The minimum absolute atomic E-state index is 0. The number of rotatable bonds is 0. The van der Waals surface area contributed by atoms with Crippen LogP contribution in [0.3, 0.4) is 0 Å². The smallest absolute Gasteiger partial charge is 1.00 e. The third-order valence-corrected chi connectivity index (χ3v) is 2.74. The van der Waals surface area contributed by atoms with Crippen LogP contribution >= 0.6 is 0 Å². The molecule has 0 heterocycles. The molecule has 0 atom stereocenters. The molecule has 1 aromatic rings. The SMILES string of the molecule is [C-]1=CC=CC1.[Cl-].[Cl-].[Zr+4].c1cc2c([cH-]1)CCCC2. The van der Waals surface area contributed by atoms with Gasteiger partial charge in [0.05, 0.1) is 0 Å². The van der Waals surface area contributed by atoms with Crippen LogP contribution in [0.5, 0.6) is 0 Å². The standard InChI is InChI=1S/C9H11.C5H5.2ClH.Zr/c1-2-5-9-7-3-6-8(9)4-1;1-2-4-5-3-1;;;/h3,6-7H,1-2,4-5H2;1-3H,4H2;2*1H;/q2*-1;;;+4/p-2. The van der Waals surface area contributed by atoms with E-state index in [1.165, 1.54) is 25.7 Å². The minimum atomic E-state index is 0. The van der Waals surface area contributed by atoms with Crippen molar-refractivity contribution in [1.29, 1.82) is 0 Å². The van der Waals surface area contributed by atoms with Crippen molar-refractivity contribution in [3.8, 4) is 0 Å². The van der Waals surface area contributed by atoms with Crippen molar-refractivity contribution < 1.29 is 51.0 Å². The van der Waals surface area contributed by atoms with E-state index in [1.54, 1.807) is 11.1 Å². The normalized spacial score (nSPS) is 14.4. The van der Waals surface area contributed by atoms with Gasteiger partial charge in [-0.2, -0.15) is 29.3 Å². The number of aryl methyl sites for hydroxylation is 2. The molecule has 0 saturated heterocycles. The first-order chi connectivity index (χ1) is 6.97. The number of hydrogen-bond acceptors (Lipinski definition) is 0. The van der Waals surface area contributed by atoms with Crippen molar-refractivity contribution in [2.24, 2.45) is 0 Å². The first kappa shape index (κ1) is 19.6. The van der Waals surface area contributed by atoms with Crippen molar-refractivity contribution in [2.45, 2.75) is 32.1 Å². The Bertz CT molecular complexity index is 309. The predicted octanol–water partition coefficient (Wildman–Crippen LogP) is -2.40. The van der Waals surface area contributed by atoms with E-state index in [-0.39, 0.29) is 51.0 Å². The molecule has 0 aliphatic heterocycles. The number of hydrogen-bond donors (Lipinski definition) is 0. The summed E-state index contributed by atoms with van der Waals surface area (Å²) >= 11 is 0. The van der Waals surface area contributed by atoms with E-state index < -0.39 is 0 Å². The van der Waals surface area contributed by atoms with E-state index in [9.17, 15) is 0 Å². The molecule has 0 amide bonds. The molecule has 0 bridgehead atoms. The number of fused-ring (bicyclic) bond motifs is 1. The van der Waals surface area contributed by atoms with Crippen LogP contribution in [-0.2, 0) is 39.0 Å². The topological polar surface area (TPSA) is 0 Å². The third kappa shape index (κ3) is 6.70. The van der Waals surface area contributed by atoms with Gasteiger partial charge in [0, 0.05) is 0 Å². The van der Waals surface area contributed by atoms with Gasteiger partial charge in [-0.3, -0.25) is 6.08 Å². The maximum Gasteiger partial charge on any atom is 4.00 e. The molecule has 17 heavy (non-hydrogen) atoms. The second-order valence-electron chi connectivity index (χ2n) is 3.79. The summed E-state index contributed by atoms with van der Waals surface area (Å²) in [5.74, 6) is 0. The molecule has 3 heteroatoms. The van der Waals surface area contributed by atoms with Gasteiger partial charge < -0.3 is 24.8 Å². The average Bonchev–Trinajstić information content (AvgIpc) is 2.92. The monoisotopic (exact) mass is 344 g/mol. The molecule has 0 N–H and O–H groups in total. The van der Waals surface area contributed by atoms with Crippen LogP contribution in [0.15, 0.2) is 36.4 Å². The van der Waals surface area contributed by atoms with Crippen molar-refractivity contribution >= 4 is 0 Å². The van der Waals surface area contributed by atoms with Crippen LogP contribution in [0.4, 0.5) is 0 Å². The maximum absolute atomic E-state index is 2.99. The quantitative estimate of drug-likeness (QED) is 0.460. The van der Waals surface area contributed by atoms with E-state index >= 15 is 0 Å². The van der Waals surface area contributed by atoms with Crippen LogP contribution in [0, 0.1) is 6.08 Å². The van der Waals surface area contributed by atoms with Gasteiger partial charge in [-0.1, -0.05) is 25.7 Å². The summed E-state index contributed by atoms with van der Waals surface area (Å²) in [7, 11) is 0. The average molecular weight is 346 g/mol. The zero-order chi connectivity index (χ0) is 9.64. The molecule has 2 aliphatic carbocycles. The molecule has 1 aromatic carbocycles. The fourth-order valence-electron chi connectivity index (χ4n) is 1.95. The van der Waals surface area contributed by atoms with Gasteiger partial charge in [-0.05, 0) is 0 Å². The Morgan fingerprint density at radius 1 is 1.12 bits per heavy atom. The van der Waals surface area contributed by atoms with Crippen LogP contribution in [0.25, 0.3) is 0 Å². The fourth-order valence-corrected chi connectivity index (χ4v) is 1.95. The Kier molecular flexibility index (Phi) is 13.1. The molecule has 0 aromatic heterocycles. The summed E-state index contributed by atoms with van der Waals surface area (Å²) in [5.41, 5.74) is 3.20. The Morgan fingerprint density at radius 3 is 2.41 bits per heavy atom. The summed E-state index contributed by atoms with van der Waals surface area (Å²) in [5, 5.41) is 0. The maximum atomic E-state index is 2.99. The van der Waals surface area contributed by atoms with E-state index in [1.807, 2.05) is 12.2 Å². The third-order valence-electron chi connectivity index (χ3n) is 2.74. The molecular weight excluding hydrogens is 330 g/mol. The molecule has 0 saturated carbocycles. The molecule has 0 fully saturated rings. The zero-order valence-corrected chi connectivity index (χ0v) is 13.7. The molecule has 90 valence electrons. The van der Waals surface area contributed by atoms with Crippen LogP contribution < -0.4 is 24.8 Å². The van der Waals surface area contributed by atoms with Gasteiger partial charge in [0.25, 0.3) is 0 Å². The minimum Gasteiger partial charge on any atom is -1.00 e. The Balaban J connectivity index is 0. The molecule has 0 radical (unpaired) electrons. The van der Waals surface area contributed by atoms with Gasteiger partial charge in [-0.25, -0.2) is 18.2 Å². The first-order valence-electron chi connectivity index (χ1n) is 5.42. The summed E-state index contributed by atoms with van der Waals surface area (Å²) in [6.07, 6.45) is 15.4. The summed E-state index contributed by atoms with van der Waals surface area (Å²) in [6.45, 7) is 0. The van der Waals surface area contributed by atoms with Gasteiger partial charge in [0.15, 0.2) is 0 Å². The van der Waals surface area contributed by atoms with Gasteiger partial charge in [0.2, 0.25) is 0 Å². The fraction of sp³-hybridized carbons (Fsp3) is 0.357. The van der Waals surface area contributed by atoms with Gasteiger partial charge >= 0.3 is 26.2 Å². The Morgan fingerprint density at radius 2 is 1.88 bits per heavy atom. The Labute approximate surface area is 136 Å². The van der Waals surface area contributed by atoms with E-state index in [4.69, 9.17) is 0 Å². The number of halogens is 2. The Hall–Kier alpha value is 0.293. The van der Waals surface area contributed by atoms with Crippen molar-refractivity contribution in [3.63, 3.8) is 0 Å². The zero-order valence-electron chi connectivity index (χ0n) is 9.76.